The minimum absolute atomic E-state index is 0.132. The second-order valence-electron chi connectivity index (χ2n) is 6.18. The van der Waals surface area contributed by atoms with E-state index < -0.39 is 0 Å². The van der Waals surface area contributed by atoms with Crippen molar-refractivity contribution in [3.8, 4) is 0 Å². The Labute approximate surface area is 87.3 Å². The maximum atomic E-state index is 10.4. The second-order valence-corrected chi connectivity index (χ2v) is 6.18. The van der Waals surface area contributed by atoms with Crippen molar-refractivity contribution in [2.24, 2.45) is 16.7 Å². The van der Waals surface area contributed by atoms with Gasteiger partial charge in [-0.05, 0) is 38.3 Å². The minimum Gasteiger partial charge on any atom is -0.391 e. The molecule has 2 aliphatic rings. The van der Waals surface area contributed by atoms with E-state index in [2.05, 4.69) is 39.8 Å². The first kappa shape index (κ1) is 10.4. The first-order valence-corrected chi connectivity index (χ1v) is 5.67. The molecular formula is C12H23NO. The maximum absolute atomic E-state index is 10.4. The summed E-state index contributed by atoms with van der Waals surface area (Å²) >= 11 is 0. The zero-order chi connectivity index (χ0) is 10.7. The molecule has 2 fully saturated rings. The van der Waals surface area contributed by atoms with Gasteiger partial charge >= 0.3 is 0 Å². The molecule has 0 amide bonds. The first-order chi connectivity index (χ1) is 6.32. The molecule has 2 nitrogen and oxygen atoms in total. The van der Waals surface area contributed by atoms with Crippen LogP contribution in [0.15, 0.2) is 0 Å². The summed E-state index contributed by atoms with van der Waals surface area (Å²) in [5.41, 5.74) is 0.425. The summed E-state index contributed by atoms with van der Waals surface area (Å²) in [6, 6.07) is 0.365. The fraction of sp³-hybridized carbons (Fsp3) is 1.00. The molecular weight excluding hydrogens is 174 g/mol. The third-order valence-corrected chi connectivity index (χ3v) is 5.36. The molecule has 2 saturated carbocycles. The van der Waals surface area contributed by atoms with Gasteiger partial charge in [-0.25, -0.2) is 0 Å². The van der Waals surface area contributed by atoms with Gasteiger partial charge in [-0.1, -0.05) is 20.8 Å². The van der Waals surface area contributed by atoms with Crippen molar-refractivity contribution in [3.05, 3.63) is 0 Å². The molecule has 82 valence electrons. The largest absolute Gasteiger partial charge is 0.391 e. The number of nitrogens with zero attached hydrogens (tertiary/aromatic N) is 1. The Morgan fingerprint density at radius 1 is 1.21 bits per heavy atom. The van der Waals surface area contributed by atoms with E-state index in [9.17, 15) is 5.11 Å². The number of fused-ring (bicyclic) bond motifs is 2. The number of hydrogen-bond acceptors (Lipinski definition) is 2. The zero-order valence-corrected chi connectivity index (χ0v) is 10.0. The van der Waals surface area contributed by atoms with E-state index in [1.54, 1.807) is 0 Å². The molecule has 4 unspecified atom stereocenters. The van der Waals surface area contributed by atoms with Crippen LogP contribution in [0.25, 0.3) is 0 Å². The molecule has 2 rings (SSSR count). The summed E-state index contributed by atoms with van der Waals surface area (Å²) in [5.74, 6) is 0.664. The normalized spacial score (nSPS) is 50.4. The van der Waals surface area contributed by atoms with E-state index >= 15 is 0 Å². The molecule has 0 saturated heterocycles. The van der Waals surface area contributed by atoms with Gasteiger partial charge in [0.05, 0.1) is 6.10 Å². The highest BCUT2D eigenvalue weighted by atomic mass is 16.3. The van der Waals surface area contributed by atoms with E-state index in [0.717, 1.165) is 0 Å². The van der Waals surface area contributed by atoms with E-state index in [0.29, 0.717) is 17.4 Å². The number of likely N-dealkylation sites (N-methyl/N-ethyl adjacent to an activating group) is 1. The van der Waals surface area contributed by atoms with Crippen LogP contribution in [0.5, 0.6) is 0 Å². The van der Waals surface area contributed by atoms with E-state index in [1.807, 2.05) is 0 Å². The summed E-state index contributed by atoms with van der Waals surface area (Å²) < 4.78 is 0. The van der Waals surface area contributed by atoms with Gasteiger partial charge in [0.1, 0.15) is 0 Å². The van der Waals surface area contributed by atoms with Gasteiger partial charge < -0.3 is 10.0 Å². The van der Waals surface area contributed by atoms with Crippen molar-refractivity contribution in [1.29, 1.82) is 0 Å². The lowest BCUT2D eigenvalue weighted by molar-refractivity contribution is -0.0195. The van der Waals surface area contributed by atoms with Crippen molar-refractivity contribution in [2.45, 2.75) is 45.8 Å². The molecule has 0 spiro atoms. The van der Waals surface area contributed by atoms with E-state index in [4.69, 9.17) is 0 Å². The van der Waals surface area contributed by atoms with Gasteiger partial charge in [0.2, 0.25) is 0 Å². The number of rotatable bonds is 1. The molecule has 0 aromatic heterocycles. The molecule has 2 bridgehead atoms. The van der Waals surface area contributed by atoms with Crippen LogP contribution in [0.2, 0.25) is 0 Å². The smallest absolute Gasteiger partial charge is 0.0756 e. The predicted molar refractivity (Wildman–Crippen MR) is 58.1 cm³/mol. The predicted octanol–water partition coefficient (Wildman–Crippen LogP) is 1.73. The SMILES string of the molecule is CN(C)C1C2CCC(C)(C1O)C2(C)C. The van der Waals surface area contributed by atoms with Crippen LogP contribution in [-0.4, -0.2) is 36.2 Å². The average molecular weight is 197 g/mol. The Bertz CT molecular complexity index is 249. The Morgan fingerprint density at radius 2 is 1.79 bits per heavy atom. The van der Waals surface area contributed by atoms with E-state index in [1.165, 1.54) is 12.8 Å². The lowest BCUT2D eigenvalue weighted by atomic mass is 9.70. The fourth-order valence-electron chi connectivity index (χ4n) is 3.93. The lowest BCUT2D eigenvalue weighted by Crippen LogP contribution is -2.46. The Kier molecular flexibility index (Phi) is 2.04. The van der Waals surface area contributed by atoms with Gasteiger partial charge in [0.15, 0.2) is 0 Å². The molecule has 1 N–H and O–H groups in total. The molecule has 0 radical (unpaired) electrons. The third kappa shape index (κ3) is 0.938. The molecule has 0 aliphatic heterocycles. The topological polar surface area (TPSA) is 23.5 Å². The number of aliphatic hydroxyl groups excluding tert-OH is 1. The van der Waals surface area contributed by atoms with Crippen LogP contribution in [0, 0.1) is 16.7 Å². The first-order valence-electron chi connectivity index (χ1n) is 5.67. The highest BCUT2D eigenvalue weighted by Gasteiger charge is 2.66. The van der Waals surface area contributed by atoms with Crippen molar-refractivity contribution in [2.75, 3.05) is 14.1 Å². The van der Waals surface area contributed by atoms with Gasteiger partial charge in [-0.15, -0.1) is 0 Å². The quantitative estimate of drug-likeness (QED) is 0.692. The van der Waals surface area contributed by atoms with Crippen molar-refractivity contribution < 1.29 is 5.11 Å². The van der Waals surface area contributed by atoms with Crippen molar-refractivity contribution >= 4 is 0 Å². The highest BCUT2D eigenvalue weighted by molar-refractivity contribution is 5.16. The Morgan fingerprint density at radius 3 is 2.07 bits per heavy atom. The lowest BCUT2D eigenvalue weighted by Gasteiger charge is -2.38. The number of hydrogen-bond donors (Lipinski definition) is 1. The van der Waals surface area contributed by atoms with Crippen LogP contribution in [0.3, 0.4) is 0 Å². The van der Waals surface area contributed by atoms with E-state index in [-0.39, 0.29) is 11.5 Å². The zero-order valence-electron chi connectivity index (χ0n) is 10.0. The minimum atomic E-state index is -0.147. The Balaban J connectivity index is 2.39. The molecule has 2 aliphatic carbocycles. The van der Waals surface area contributed by atoms with Crippen LogP contribution in [-0.2, 0) is 0 Å². The fourth-order valence-corrected chi connectivity index (χ4v) is 3.93. The molecule has 0 heterocycles. The van der Waals surface area contributed by atoms with Gasteiger partial charge in [0.25, 0.3) is 0 Å². The highest BCUT2D eigenvalue weighted by Crippen LogP contribution is 2.66. The van der Waals surface area contributed by atoms with Crippen molar-refractivity contribution in [3.63, 3.8) is 0 Å². The average Bonchev–Trinajstić information content (AvgIpc) is 2.35. The van der Waals surface area contributed by atoms with Crippen LogP contribution < -0.4 is 0 Å². The standard InChI is InChI=1S/C12H23NO/c1-11(2)8-6-7-12(11,3)10(14)9(8)13(4)5/h8-10,14H,6-7H2,1-5H3. The van der Waals surface area contributed by atoms with Crippen LogP contribution in [0.4, 0.5) is 0 Å². The van der Waals surface area contributed by atoms with Gasteiger partial charge in [-0.3, -0.25) is 0 Å². The molecule has 14 heavy (non-hydrogen) atoms. The summed E-state index contributed by atoms with van der Waals surface area (Å²) in [6.07, 6.45) is 2.32. The number of aliphatic hydroxyl groups is 1. The Hall–Kier alpha value is -0.0800. The summed E-state index contributed by atoms with van der Waals surface area (Å²) in [4.78, 5) is 2.21. The third-order valence-electron chi connectivity index (χ3n) is 5.36. The summed E-state index contributed by atoms with van der Waals surface area (Å²) in [5, 5.41) is 10.4. The molecule has 4 atom stereocenters. The van der Waals surface area contributed by atoms with Crippen LogP contribution in [0.1, 0.15) is 33.6 Å². The van der Waals surface area contributed by atoms with Gasteiger partial charge in [0, 0.05) is 11.5 Å². The second kappa shape index (κ2) is 2.73. The maximum Gasteiger partial charge on any atom is 0.0756 e. The van der Waals surface area contributed by atoms with Gasteiger partial charge in [-0.2, -0.15) is 0 Å². The molecule has 0 aromatic carbocycles. The van der Waals surface area contributed by atoms with Crippen molar-refractivity contribution in [1.82, 2.24) is 4.90 Å². The van der Waals surface area contributed by atoms with Crippen LogP contribution >= 0.6 is 0 Å². The monoisotopic (exact) mass is 197 g/mol. The summed E-state index contributed by atoms with van der Waals surface area (Å²) in [7, 11) is 4.18. The summed E-state index contributed by atoms with van der Waals surface area (Å²) in [6.45, 7) is 6.93. The molecule has 2 heteroatoms. The molecule has 0 aromatic rings.